The lowest BCUT2D eigenvalue weighted by atomic mass is 9.89. The highest BCUT2D eigenvalue weighted by atomic mass is 15.4. The van der Waals surface area contributed by atoms with Crippen LogP contribution in [-0.2, 0) is 6.54 Å². The van der Waals surface area contributed by atoms with Crippen LogP contribution < -0.4 is 0 Å². The molecule has 0 radical (unpaired) electrons. The van der Waals surface area contributed by atoms with Crippen LogP contribution in [0.4, 0.5) is 0 Å². The molecule has 0 bridgehead atoms. The van der Waals surface area contributed by atoms with Gasteiger partial charge in [-0.3, -0.25) is 4.68 Å². The SMILES string of the molecule is Cc1cn(CCCCCCCCCCC(C)(C)C)nn1. The Morgan fingerprint density at radius 3 is 1.95 bits per heavy atom. The number of aryl methyl sites for hydroxylation is 2. The highest BCUT2D eigenvalue weighted by molar-refractivity contribution is 4.86. The summed E-state index contributed by atoms with van der Waals surface area (Å²) in [5, 5.41) is 8.07. The molecular weight excluding hydrogens is 246 g/mol. The molecule has 0 spiro atoms. The Balaban J connectivity index is 1.83. The number of rotatable bonds is 10. The van der Waals surface area contributed by atoms with Crippen molar-refractivity contribution in [2.45, 2.75) is 92.0 Å². The van der Waals surface area contributed by atoms with Crippen LogP contribution in [-0.4, -0.2) is 15.0 Å². The summed E-state index contributed by atoms with van der Waals surface area (Å²) >= 11 is 0. The van der Waals surface area contributed by atoms with E-state index in [2.05, 4.69) is 31.1 Å². The molecule has 0 aliphatic heterocycles. The summed E-state index contributed by atoms with van der Waals surface area (Å²) < 4.78 is 1.96. The summed E-state index contributed by atoms with van der Waals surface area (Å²) in [4.78, 5) is 0. The lowest BCUT2D eigenvalue weighted by Gasteiger charge is -2.17. The molecule has 0 N–H and O–H groups in total. The van der Waals surface area contributed by atoms with Gasteiger partial charge in [0.15, 0.2) is 0 Å². The Bertz CT molecular complexity index is 349. The minimum atomic E-state index is 0.514. The topological polar surface area (TPSA) is 30.7 Å². The van der Waals surface area contributed by atoms with Crippen molar-refractivity contribution in [1.82, 2.24) is 15.0 Å². The number of aromatic nitrogens is 3. The van der Waals surface area contributed by atoms with E-state index >= 15 is 0 Å². The Hall–Kier alpha value is -0.860. The molecule has 1 aromatic rings. The molecule has 0 atom stereocenters. The van der Waals surface area contributed by atoms with E-state index in [-0.39, 0.29) is 0 Å². The highest BCUT2D eigenvalue weighted by Crippen LogP contribution is 2.22. The average Bonchev–Trinajstić information content (AvgIpc) is 2.76. The molecule has 0 unspecified atom stereocenters. The van der Waals surface area contributed by atoms with Crippen LogP contribution in [0.3, 0.4) is 0 Å². The number of hydrogen-bond acceptors (Lipinski definition) is 2. The first kappa shape index (κ1) is 17.2. The lowest BCUT2D eigenvalue weighted by Crippen LogP contribution is -2.03. The Labute approximate surface area is 125 Å². The molecular formula is C17H33N3. The van der Waals surface area contributed by atoms with E-state index in [1.165, 1.54) is 57.8 Å². The van der Waals surface area contributed by atoms with Crippen molar-refractivity contribution in [3.8, 4) is 0 Å². The van der Waals surface area contributed by atoms with Gasteiger partial charge in [-0.2, -0.15) is 0 Å². The van der Waals surface area contributed by atoms with E-state index < -0.39 is 0 Å². The number of unbranched alkanes of at least 4 members (excludes halogenated alkanes) is 7. The normalized spacial score (nSPS) is 12.0. The zero-order valence-electron chi connectivity index (χ0n) is 14.0. The van der Waals surface area contributed by atoms with Crippen molar-refractivity contribution in [2.75, 3.05) is 0 Å². The van der Waals surface area contributed by atoms with Gasteiger partial charge in [-0.25, -0.2) is 0 Å². The molecule has 3 heteroatoms. The number of hydrogen-bond donors (Lipinski definition) is 0. The Morgan fingerprint density at radius 2 is 1.45 bits per heavy atom. The second kappa shape index (κ2) is 9.15. The standard InChI is InChI=1S/C17H33N3/c1-16-15-20(19-18-16)14-12-10-8-6-5-7-9-11-13-17(2,3)4/h15H,5-14H2,1-4H3. The van der Waals surface area contributed by atoms with Crippen molar-refractivity contribution in [1.29, 1.82) is 0 Å². The van der Waals surface area contributed by atoms with Gasteiger partial charge in [-0.15, -0.1) is 5.10 Å². The summed E-state index contributed by atoms with van der Waals surface area (Å²) in [5.41, 5.74) is 1.53. The summed E-state index contributed by atoms with van der Waals surface area (Å²) in [5.74, 6) is 0. The van der Waals surface area contributed by atoms with Gasteiger partial charge in [0, 0.05) is 12.7 Å². The molecule has 20 heavy (non-hydrogen) atoms. The molecule has 116 valence electrons. The van der Waals surface area contributed by atoms with Gasteiger partial charge in [0.1, 0.15) is 0 Å². The fourth-order valence-corrected chi connectivity index (χ4v) is 2.49. The largest absolute Gasteiger partial charge is 0.252 e. The van der Waals surface area contributed by atoms with Gasteiger partial charge < -0.3 is 0 Å². The van der Waals surface area contributed by atoms with Gasteiger partial charge in [-0.1, -0.05) is 70.9 Å². The first-order chi connectivity index (χ1) is 9.47. The van der Waals surface area contributed by atoms with Gasteiger partial charge >= 0.3 is 0 Å². The quantitative estimate of drug-likeness (QED) is 0.555. The maximum absolute atomic E-state index is 4.07. The highest BCUT2D eigenvalue weighted by Gasteiger charge is 2.08. The predicted octanol–water partition coefficient (Wildman–Crippen LogP) is 5.14. The zero-order chi connectivity index (χ0) is 14.8. The van der Waals surface area contributed by atoms with Gasteiger partial charge in [0.25, 0.3) is 0 Å². The van der Waals surface area contributed by atoms with Crippen LogP contribution >= 0.6 is 0 Å². The molecule has 0 amide bonds. The van der Waals surface area contributed by atoms with E-state index in [1.807, 2.05) is 17.8 Å². The average molecular weight is 279 g/mol. The second-order valence-corrected chi connectivity index (χ2v) is 7.26. The summed E-state index contributed by atoms with van der Waals surface area (Å²) in [7, 11) is 0. The minimum absolute atomic E-state index is 0.514. The van der Waals surface area contributed by atoms with E-state index in [0.29, 0.717) is 5.41 Å². The van der Waals surface area contributed by atoms with Gasteiger partial charge in [0.2, 0.25) is 0 Å². The van der Waals surface area contributed by atoms with Crippen molar-refractivity contribution < 1.29 is 0 Å². The van der Waals surface area contributed by atoms with Gasteiger partial charge in [0.05, 0.1) is 5.69 Å². The molecule has 0 saturated heterocycles. The molecule has 1 rings (SSSR count). The first-order valence-electron chi connectivity index (χ1n) is 8.34. The molecule has 0 aliphatic carbocycles. The molecule has 0 saturated carbocycles. The molecule has 1 heterocycles. The van der Waals surface area contributed by atoms with Crippen molar-refractivity contribution in [3.05, 3.63) is 11.9 Å². The fourth-order valence-electron chi connectivity index (χ4n) is 2.49. The van der Waals surface area contributed by atoms with Crippen LogP contribution in [0.25, 0.3) is 0 Å². The second-order valence-electron chi connectivity index (χ2n) is 7.26. The molecule has 0 fully saturated rings. The first-order valence-corrected chi connectivity index (χ1v) is 8.34. The monoisotopic (exact) mass is 279 g/mol. The summed E-state index contributed by atoms with van der Waals surface area (Å²) in [6.45, 7) is 10.0. The third kappa shape index (κ3) is 9.11. The van der Waals surface area contributed by atoms with Crippen LogP contribution in [0.5, 0.6) is 0 Å². The van der Waals surface area contributed by atoms with Crippen molar-refractivity contribution in [3.63, 3.8) is 0 Å². The summed E-state index contributed by atoms with van der Waals surface area (Å²) in [6, 6.07) is 0. The predicted molar refractivity (Wildman–Crippen MR) is 85.8 cm³/mol. The molecule has 3 nitrogen and oxygen atoms in total. The molecule has 0 aliphatic rings. The smallest absolute Gasteiger partial charge is 0.0796 e. The van der Waals surface area contributed by atoms with E-state index in [9.17, 15) is 0 Å². The number of nitrogens with zero attached hydrogens (tertiary/aromatic N) is 3. The van der Waals surface area contributed by atoms with Crippen LogP contribution in [0.2, 0.25) is 0 Å². The summed E-state index contributed by atoms with van der Waals surface area (Å²) in [6.07, 6.45) is 14.3. The third-order valence-corrected chi connectivity index (χ3v) is 3.72. The Morgan fingerprint density at radius 1 is 0.900 bits per heavy atom. The fraction of sp³-hybridized carbons (Fsp3) is 0.882. The Kier molecular flexibility index (Phi) is 7.86. The zero-order valence-corrected chi connectivity index (χ0v) is 14.0. The van der Waals surface area contributed by atoms with Crippen molar-refractivity contribution in [2.24, 2.45) is 5.41 Å². The third-order valence-electron chi connectivity index (χ3n) is 3.72. The van der Waals surface area contributed by atoms with Crippen LogP contribution in [0.15, 0.2) is 6.20 Å². The van der Waals surface area contributed by atoms with Gasteiger partial charge in [-0.05, 0) is 25.2 Å². The maximum Gasteiger partial charge on any atom is 0.0796 e. The maximum atomic E-state index is 4.07. The van der Waals surface area contributed by atoms with Crippen LogP contribution in [0.1, 0.15) is 84.3 Å². The van der Waals surface area contributed by atoms with Crippen LogP contribution in [0, 0.1) is 12.3 Å². The molecule has 0 aromatic carbocycles. The van der Waals surface area contributed by atoms with Crippen molar-refractivity contribution >= 4 is 0 Å². The minimum Gasteiger partial charge on any atom is -0.252 e. The van der Waals surface area contributed by atoms with E-state index in [1.54, 1.807) is 0 Å². The van der Waals surface area contributed by atoms with E-state index in [0.717, 1.165) is 12.2 Å². The lowest BCUT2D eigenvalue weighted by molar-refractivity contribution is 0.356. The van der Waals surface area contributed by atoms with E-state index in [4.69, 9.17) is 0 Å². The molecule has 1 aromatic heterocycles.